The Morgan fingerprint density at radius 3 is 2.58 bits per heavy atom. The van der Waals surface area contributed by atoms with Crippen molar-refractivity contribution in [3.8, 4) is 17.0 Å². The molecule has 0 spiro atoms. The molecule has 6 nitrogen and oxygen atoms in total. The summed E-state index contributed by atoms with van der Waals surface area (Å²) in [5.74, 6) is 0.766. The Hall–Kier alpha value is -2.15. The molecular formula is C12H13N3O3S. The monoisotopic (exact) mass is 279 g/mol. The summed E-state index contributed by atoms with van der Waals surface area (Å²) in [6.07, 6.45) is 4.27. The van der Waals surface area contributed by atoms with Gasteiger partial charge in [0.25, 0.3) is 0 Å². The molecule has 0 aliphatic rings. The summed E-state index contributed by atoms with van der Waals surface area (Å²) < 4.78 is 29.6. The van der Waals surface area contributed by atoms with Crippen molar-refractivity contribution in [2.45, 2.75) is 0 Å². The average Bonchev–Trinajstić information content (AvgIpc) is 2.38. The van der Waals surface area contributed by atoms with Crippen LogP contribution in [0.25, 0.3) is 11.1 Å². The van der Waals surface area contributed by atoms with E-state index in [0.29, 0.717) is 5.88 Å². The van der Waals surface area contributed by atoms with Gasteiger partial charge in [0.2, 0.25) is 15.9 Å². The fourth-order valence-electron chi connectivity index (χ4n) is 1.58. The number of nitrogens with zero attached hydrogens (tertiary/aromatic N) is 2. The lowest BCUT2D eigenvalue weighted by Gasteiger charge is -2.07. The van der Waals surface area contributed by atoms with Crippen LogP contribution in [-0.4, -0.2) is 31.8 Å². The van der Waals surface area contributed by atoms with E-state index in [9.17, 15) is 8.42 Å². The molecule has 0 aliphatic carbocycles. The van der Waals surface area contributed by atoms with Gasteiger partial charge in [-0.05, 0) is 24.3 Å². The van der Waals surface area contributed by atoms with Crippen molar-refractivity contribution in [3.63, 3.8) is 0 Å². The van der Waals surface area contributed by atoms with Gasteiger partial charge in [-0.2, -0.15) is 0 Å². The smallest absolute Gasteiger partial charge is 0.230 e. The van der Waals surface area contributed by atoms with Crippen LogP contribution < -0.4 is 9.46 Å². The van der Waals surface area contributed by atoms with Gasteiger partial charge >= 0.3 is 0 Å². The largest absolute Gasteiger partial charge is 0.481 e. The minimum absolute atomic E-state index is 0.272. The molecule has 0 saturated carbocycles. The fraction of sp³-hybridized carbons (Fsp3) is 0.167. The van der Waals surface area contributed by atoms with E-state index >= 15 is 0 Å². The van der Waals surface area contributed by atoms with Gasteiger partial charge in [-0.15, -0.1) is 0 Å². The van der Waals surface area contributed by atoms with Crippen LogP contribution in [0.15, 0.2) is 36.7 Å². The molecule has 0 atom stereocenters. The van der Waals surface area contributed by atoms with Gasteiger partial charge in [-0.3, -0.25) is 4.72 Å². The molecule has 1 N–H and O–H groups in total. The molecule has 0 aromatic carbocycles. The van der Waals surface area contributed by atoms with Crippen LogP contribution in [0.1, 0.15) is 0 Å². The van der Waals surface area contributed by atoms with Crippen molar-refractivity contribution in [2.75, 3.05) is 18.1 Å². The van der Waals surface area contributed by atoms with Crippen molar-refractivity contribution in [1.82, 2.24) is 9.97 Å². The van der Waals surface area contributed by atoms with Gasteiger partial charge in [0.15, 0.2) is 0 Å². The average molecular weight is 279 g/mol. The fourth-order valence-corrected chi connectivity index (χ4v) is 2.08. The van der Waals surface area contributed by atoms with E-state index in [1.165, 1.54) is 0 Å². The number of rotatable bonds is 4. The molecule has 7 heteroatoms. The first-order valence-corrected chi connectivity index (χ1v) is 7.32. The maximum Gasteiger partial charge on any atom is 0.230 e. The van der Waals surface area contributed by atoms with E-state index in [2.05, 4.69) is 14.7 Å². The number of pyridine rings is 2. The number of nitrogens with one attached hydrogen (secondary N) is 1. The summed E-state index contributed by atoms with van der Waals surface area (Å²) in [4.78, 5) is 8.14. The summed E-state index contributed by atoms with van der Waals surface area (Å²) >= 11 is 0. The van der Waals surface area contributed by atoms with E-state index in [1.54, 1.807) is 37.7 Å². The van der Waals surface area contributed by atoms with E-state index in [1.807, 2.05) is 6.07 Å². The molecule has 0 amide bonds. The van der Waals surface area contributed by atoms with Crippen LogP contribution in [0.2, 0.25) is 0 Å². The van der Waals surface area contributed by atoms with Crippen LogP contribution >= 0.6 is 0 Å². The number of methoxy groups -OCH3 is 1. The van der Waals surface area contributed by atoms with Gasteiger partial charge in [-0.1, -0.05) is 0 Å². The van der Waals surface area contributed by atoms with Gasteiger partial charge < -0.3 is 4.74 Å². The Bertz CT molecular complexity index is 669. The zero-order valence-electron chi connectivity index (χ0n) is 10.5. The number of aromatic nitrogens is 2. The molecule has 0 saturated heterocycles. The van der Waals surface area contributed by atoms with E-state index < -0.39 is 10.0 Å². The number of ether oxygens (including phenoxy) is 1. The maximum absolute atomic E-state index is 11.1. The van der Waals surface area contributed by atoms with Gasteiger partial charge in [-0.25, -0.2) is 18.4 Å². The number of hydrogen-bond acceptors (Lipinski definition) is 5. The Labute approximate surface area is 111 Å². The molecule has 19 heavy (non-hydrogen) atoms. The third-order valence-corrected chi connectivity index (χ3v) is 2.91. The molecule has 2 aromatic rings. The Morgan fingerprint density at radius 1 is 1.21 bits per heavy atom. The SMILES string of the molecule is COc1ncccc1-c1ccc(NS(C)(=O)=O)nc1. The highest BCUT2D eigenvalue weighted by atomic mass is 32.2. The lowest BCUT2D eigenvalue weighted by molar-refractivity contribution is 0.399. The third-order valence-electron chi connectivity index (χ3n) is 2.33. The summed E-state index contributed by atoms with van der Waals surface area (Å²) in [5.41, 5.74) is 1.59. The maximum atomic E-state index is 11.1. The van der Waals surface area contributed by atoms with Crippen molar-refractivity contribution in [2.24, 2.45) is 0 Å². The second-order valence-corrected chi connectivity index (χ2v) is 5.62. The Morgan fingerprint density at radius 2 is 2.00 bits per heavy atom. The highest BCUT2D eigenvalue weighted by molar-refractivity contribution is 7.92. The van der Waals surface area contributed by atoms with Gasteiger partial charge in [0.05, 0.1) is 13.4 Å². The minimum Gasteiger partial charge on any atom is -0.481 e. The van der Waals surface area contributed by atoms with Gasteiger partial charge in [0, 0.05) is 23.5 Å². The van der Waals surface area contributed by atoms with Crippen molar-refractivity contribution < 1.29 is 13.2 Å². The molecule has 2 aromatic heterocycles. The lowest BCUT2D eigenvalue weighted by Crippen LogP contribution is -2.10. The van der Waals surface area contributed by atoms with Crippen molar-refractivity contribution in [3.05, 3.63) is 36.7 Å². The summed E-state index contributed by atoms with van der Waals surface area (Å²) in [7, 11) is -1.78. The van der Waals surface area contributed by atoms with Gasteiger partial charge in [0.1, 0.15) is 5.82 Å². The van der Waals surface area contributed by atoms with Crippen LogP contribution in [0.5, 0.6) is 5.88 Å². The van der Waals surface area contributed by atoms with Crippen LogP contribution in [-0.2, 0) is 10.0 Å². The van der Waals surface area contributed by atoms with E-state index in [0.717, 1.165) is 17.4 Å². The lowest BCUT2D eigenvalue weighted by atomic mass is 10.1. The minimum atomic E-state index is -3.32. The molecule has 100 valence electrons. The van der Waals surface area contributed by atoms with Crippen molar-refractivity contribution >= 4 is 15.8 Å². The zero-order valence-corrected chi connectivity index (χ0v) is 11.3. The molecule has 0 bridgehead atoms. The van der Waals surface area contributed by atoms with Crippen LogP contribution in [0.4, 0.5) is 5.82 Å². The first-order chi connectivity index (χ1) is 8.99. The second-order valence-electron chi connectivity index (χ2n) is 3.87. The summed E-state index contributed by atoms with van der Waals surface area (Å²) in [5, 5.41) is 0. The molecule has 2 heterocycles. The molecule has 0 aliphatic heterocycles. The third kappa shape index (κ3) is 3.41. The normalized spacial score (nSPS) is 11.1. The number of anilines is 1. The quantitative estimate of drug-likeness (QED) is 0.917. The van der Waals surface area contributed by atoms with Crippen LogP contribution in [0.3, 0.4) is 0 Å². The molecule has 0 unspecified atom stereocenters. The predicted octanol–water partition coefficient (Wildman–Crippen LogP) is 1.52. The standard InChI is InChI=1S/C12H13N3O3S/c1-18-12-10(4-3-7-13-12)9-5-6-11(14-8-9)15-19(2,16)17/h3-8H,1-2H3,(H,14,15). The van der Waals surface area contributed by atoms with E-state index in [4.69, 9.17) is 4.74 Å². The molecule has 0 radical (unpaired) electrons. The van der Waals surface area contributed by atoms with Crippen molar-refractivity contribution in [1.29, 1.82) is 0 Å². The zero-order chi connectivity index (χ0) is 13.9. The van der Waals surface area contributed by atoms with E-state index in [-0.39, 0.29) is 5.82 Å². The topological polar surface area (TPSA) is 81.2 Å². The number of sulfonamides is 1. The van der Waals surface area contributed by atoms with Crippen LogP contribution in [0, 0.1) is 0 Å². The molecule has 0 fully saturated rings. The summed E-state index contributed by atoms with van der Waals surface area (Å²) in [6.45, 7) is 0. The predicted molar refractivity (Wildman–Crippen MR) is 72.5 cm³/mol. The highest BCUT2D eigenvalue weighted by Crippen LogP contribution is 2.27. The Balaban J connectivity index is 2.32. The Kier molecular flexibility index (Phi) is 3.66. The summed E-state index contributed by atoms with van der Waals surface area (Å²) in [6, 6.07) is 6.98. The first-order valence-electron chi connectivity index (χ1n) is 5.43. The highest BCUT2D eigenvalue weighted by Gasteiger charge is 2.08. The molecular weight excluding hydrogens is 266 g/mol. The molecule has 2 rings (SSSR count). The second kappa shape index (κ2) is 5.23. The number of hydrogen-bond donors (Lipinski definition) is 1. The first kappa shape index (κ1) is 13.3.